The summed E-state index contributed by atoms with van der Waals surface area (Å²) in [6, 6.07) is 15.1. The standard InChI is InChI=1S/C21H19N3O4S/c1-14-6-8-15(9-7-14)12-24-19(26)16-4-2-3-5-17(16)22-20(24)29-13-18(25)23-10-11-28-21(23)27/h2-9H,10-13H2,1H3. The van der Waals surface area contributed by atoms with Crippen molar-refractivity contribution < 1.29 is 14.3 Å². The maximum Gasteiger partial charge on any atom is 0.416 e. The van der Waals surface area contributed by atoms with Gasteiger partial charge in [0.1, 0.15) is 6.61 Å². The molecule has 2 heterocycles. The lowest BCUT2D eigenvalue weighted by Crippen LogP contribution is -2.33. The average molecular weight is 409 g/mol. The number of carbonyl (C=O) groups excluding carboxylic acids is 2. The molecule has 7 nitrogen and oxygen atoms in total. The van der Waals surface area contributed by atoms with Crippen LogP contribution in [-0.4, -0.2) is 45.4 Å². The molecule has 2 amide bonds. The van der Waals surface area contributed by atoms with Crippen LogP contribution >= 0.6 is 11.8 Å². The van der Waals surface area contributed by atoms with E-state index in [0.717, 1.165) is 27.8 Å². The summed E-state index contributed by atoms with van der Waals surface area (Å²) in [7, 11) is 0. The van der Waals surface area contributed by atoms with Gasteiger partial charge in [0.15, 0.2) is 5.16 Å². The van der Waals surface area contributed by atoms with Crippen molar-refractivity contribution in [1.82, 2.24) is 14.5 Å². The topological polar surface area (TPSA) is 81.5 Å². The van der Waals surface area contributed by atoms with E-state index >= 15 is 0 Å². The highest BCUT2D eigenvalue weighted by Crippen LogP contribution is 2.20. The van der Waals surface area contributed by atoms with Gasteiger partial charge < -0.3 is 4.74 Å². The number of fused-ring (bicyclic) bond motifs is 1. The molecule has 1 aliphatic rings. The number of ether oxygens (including phenoxy) is 1. The van der Waals surface area contributed by atoms with E-state index in [1.54, 1.807) is 22.8 Å². The van der Waals surface area contributed by atoms with Crippen LogP contribution in [0.1, 0.15) is 11.1 Å². The third-order valence-electron chi connectivity index (χ3n) is 4.67. The predicted octanol–water partition coefficient (Wildman–Crippen LogP) is 2.82. The second-order valence-electron chi connectivity index (χ2n) is 6.74. The molecule has 148 valence electrons. The highest BCUT2D eigenvalue weighted by Gasteiger charge is 2.28. The molecule has 0 aliphatic carbocycles. The number of imide groups is 1. The van der Waals surface area contributed by atoms with Crippen molar-refractivity contribution in [3.8, 4) is 0 Å². The van der Waals surface area contributed by atoms with E-state index < -0.39 is 6.09 Å². The molecule has 1 aliphatic heterocycles. The number of amides is 2. The SMILES string of the molecule is Cc1ccc(Cn2c(SCC(=O)N3CCOC3=O)nc3ccccc3c2=O)cc1. The summed E-state index contributed by atoms with van der Waals surface area (Å²) < 4.78 is 6.39. The zero-order valence-electron chi connectivity index (χ0n) is 15.8. The lowest BCUT2D eigenvalue weighted by molar-refractivity contribution is -0.125. The molecule has 29 heavy (non-hydrogen) atoms. The minimum absolute atomic E-state index is 0.00617. The summed E-state index contributed by atoms with van der Waals surface area (Å²) in [6.07, 6.45) is -0.626. The number of hydrogen-bond donors (Lipinski definition) is 0. The monoisotopic (exact) mass is 409 g/mol. The number of cyclic esters (lactones) is 1. The Morgan fingerprint density at radius 2 is 1.90 bits per heavy atom. The van der Waals surface area contributed by atoms with E-state index in [9.17, 15) is 14.4 Å². The molecule has 4 rings (SSSR count). The Morgan fingerprint density at radius 1 is 1.14 bits per heavy atom. The first-order chi connectivity index (χ1) is 14.0. The van der Waals surface area contributed by atoms with Crippen LogP contribution in [-0.2, 0) is 16.1 Å². The Labute approximate surface area is 171 Å². The molecule has 0 unspecified atom stereocenters. The molecular weight excluding hydrogens is 390 g/mol. The first-order valence-corrected chi connectivity index (χ1v) is 10.2. The zero-order chi connectivity index (χ0) is 20.4. The van der Waals surface area contributed by atoms with E-state index in [0.29, 0.717) is 22.6 Å². The van der Waals surface area contributed by atoms with Crippen LogP contribution in [0.2, 0.25) is 0 Å². The van der Waals surface area contributed by atoms with Crippen molar-refractivity contribution >= 4 is 34.7 Å². The smallest absolute Gasteiger partial charge is 0.416 e. The Bertz CT molecular complexity index is 1140. The van der Waals surface area contributed by atoms with E-state index in [4.69, 9.17) is 4.74 Å². The van der Waals surface area contributed by atoms with Crippen molar-refractivity contribution in [3.63, 3.8) is 0 Å². The van der Waals surface area contributed by atoms with Crippen molar-refractivity contribution in [1.29, 1.82) is 0 Å². The van der Waals surface area contributed by atoms with Crippen molar-refractivity contribution in [3.05, 3.63) is 70.0 Å². The van der Waals surface area contributed by atoms with Gasteiger partial charge in [-0.25, -0.2) is 14.7 Å². The Morgan fingerprint density at radius 3 is 2.62 bits per heavy atom. The summed E-state index contributed by atoms with van der Waals surface area (Å²) >= 11 is 1.15. The molecule has 0 atom stereocenters. The van der Waals surface area contributed by atoms with Crippen molar-refractivity contribution in [2.75, 3.05) is 18.9 Å². The maximum atomic E-state index is 13.1. The van der Waals surface area contributed by atoms with Gasteiger partial charge in [-0.3, -0.25) is 14.2 Å². The summed E-state index contributed by atoms with van der Waals surface area (Å²) in [5.41, 5.74) is 2.52. The van der Waals surface area contributed by atoms with E-state index in [-0.39, 0.29) is 30.4 Å². The van der Waals surface area contributed by atoms with Gasteiger partial charge in [-0.15, -0.1) is 0 Å². The maximum absolute atomic E-state index is 13.1. The number of rotatable bonds is 5. The van der Waals surface area contributed by atoms with Gasteiger partial charge in [-0.1, -0.05) is 53.7 Å². The molecule has 0 bridgehead atoms. The van der Waals surface area contributed by atoms with Gasteiger partial charge in [0, 0.05) is 0 Å². The van der Waals surface area contributed by atoms with E-state index in [1.807, 2.05) is 37.3 Å². The van der Waals surface area contributed by atoms with Crippen LogP contribution in [0.15, 0.2) is 58.5 Å². The van der Waals surface area contributed by atoms with Crippen LogP contribution in [0.5, 0.6) is 0 Å². The molecule has 3 aromatic rings. The number of nitrogens with zero attached hydrogens (tertiary/aromatic N) is 3. The van der Waals surface area contributed by atoms with Gasteiger partial charge >= 0.3 is 6.09 Å². The molecule has 1 fully saturated rings. The third kappa shape index (κ3) is 4.02. The van der Waals surface area contributed by atoms with Crippen LogP contribution in [0.3, 0.4) is 0 Å². The van der Waals surface area contributed by atoms with Crippen LogP contribution in [0.25, 0.3) is 10.9 Å². The molecule has 1 aromatic heterocycles. The molecular formula is C21H19N3O4S. The number of aromatic nitrogens is 2. The number of thioether (sulfide) groups is 1. The molecule has 2 aromatic carbocycles. The largest absolute Gasteiger partial charge is 0.447 e. The summed E-state index contributed by atoms with van der Waals surface area (Å²) in [5.74, 6) is -0.366. The summed E-state index contributed by atoms with van der Waals surface area (Å²) in [4.78, 5) is 42.8. The van der Waals surface area contributed by atoms with E-state index in [1.165, 1.54) is 0 Å². The zero-order valence-corrected chi connectivity index (χ0v) is 16.6. The first kappa shape index (κ1) is 19.2. The van der Waals surface area contributed by atoms with Gasteiger partial charge in [0.25, 0.3) is 5.56 Å². The Balaban J connectivity index is 1.67. The fraction of sp³-hybridized carbons (Fsp3) is 0.238. The molecule has 0 saturated carbocycles. The normalized spacial score (nSPS) is 13.7. The molecule has 8 heteroatoms. The van der Waals surface area contributed by atoms with Crippen molar-refractivity contribution in [2.45, 2.75) is 18.6 Å². The average Bonchev–Trinajstić information content (AvgIpc) is 3.16. The third-order valence-corrected chi connectivity index (χ3v) is 5.64. The van der Waals surface area contributed by atoms with Gasteiger partial charge in [-0.2, -0.15) is 0 Å². The summed E-state index contributed by atoms with van der Waals surface area (Å²) in [5, 5.41) is 0.966. The minimum Gasteiger partial charge on any atom is -0.447 e. The second-order valence-corrected chi connectivity index (χ2v) is 7.68. The second kappa shape index (κ2) is 8.08. The Hall–Kier alpha value is -3.13. The predicted molar refractivity (Wildman–Crippen MR) is 110 cm³/mol. The number of benzene rings is 2. The van der Waals surface area contributed by atoms with E-state index in [2.05, 4.69) is 4.98 Å². The van der Waals surface area contributed by atoms with Crippen LogP contribution in [0.4, 0.5) is 4.79 Å². The minimum atomic E-state index is -0.626. The number of aryl methyl sites for hydroxylation is 1. The quantitative estimate of drug-likeness (QED) is 0.476. The van der Waals surface area contributed by atoms with Crippen molar-refractivity contribution in [2.24, 2.45) is 0 Å². The van der Waals surface area contributed by atoms with Gasteiger partial charge in [-0.05, 0) is 24.6 Å². The molecule has 0 N–H and O–H groups in total. The van der Waals surface area contributed by atoms with Crippen LogP contribution in [0, 0.1) is 6.92 Å². The number of para-hydroxylation sites is 1. The highest BCUT2D eigenvalue weighted by atomic mass is 32.2. The molecule has 0 spiro atoms. The van der Waals surface area contributed by atoms with Crippen LogP contribution < -0.4 is 5.56 Å². The lowest BCUT2D eigenvalue weighted by Gasteiger charge is -2.14. The fourth-order valence-electron chi connectivity index (χ4n) is 3.10. The highest BCUT2D eigenvalue weighted by molar-refractivity contribution is 7.99. The number of carbonyl (C=O) groups is 2. The van der Waals surface area contributed by atoms with Gasteiger partial charge in [0.2, 0.25) is 5.91 Å². The fourth-order valence-corrected chi connectivity index (χ4v) is 3.97. The molecule has 1 saturated heterocycles. The summed E-state index contributed by atoms with van der Waals surface area (Å²) in [6.45, 7) is 2.81. The molecule has 0 radical (unpaired) electrons. The first-order valence-electron chi connectivity index (χ1n) is 9.18. The number of hydrogen-bond acceptors (Lipinski definition) is 6. The Kier molecular flexibility index (Phi) is 5.35. The van der Waals surface area contributed by atoms with Gasteiger partial charge in [0.05, 0.1) is 29.7 Å². The lowest BCUT2D eigenvalue weighted by atomic mass is 10.1.